The monoisotopic (exact) mass is 678 g/mol. The van der Waals surface area contributed by atoms with Gasteiger partial charge in [0.15, 0.2) is 0 Å². The Morgan fingerprint density at radius 2 is 0.681 bits per heavy atom. The molecule has 12 nitrogen and oxygen atoms in total. The maximum Gasteiger partial charge on any atom is 0.305 e. The van der Waals surface area contributed by atoms with Crippen LogP contribution in [0.1, 0.15) is 71.1 Å². The number of unbranched alkanes of at least 4 members (excludes halogenated alkanes) is 8. The van der Waals surface area contributed by atoms with E-state index in [0.717, 1.165) is 12.8 Å². The summed E-state index contributed by atoms with van der Waals surface area (Å²) in [4.78, 5) is 11.8. The SMILES string of the molecule is C#CCOCCOCCOCCOCCOCCOCCOCCOCCOCCOCCOC(=O)CCCCCCCCCCC. The fraction of sp³-hybridized carbons (Fsp3) is 0.914. The minimum Gasteiger partial charge on any atom is -0.463 e. The lowest BCUT2D eigenvalue weighted by molar-refractivity contribution is -0.145. The summed E-state index contributed by atoms with van der Waals surface area (Å²) in [6, 6.07) is 0. The Labute approximate surface area is 285 Å². The lowest BCUT2D eigenvalue weighted by Gasteiger charge is -2.09. The molecule has 0 fully saturated rings. The molecule has 0 unspecified atom stereocenters. The molecule has 0 atom stereocenters. The molecule has 0 bridgehead atoms. The van der Waals surface area contributed by atoms with Crippen LogP contribution >= 0.6 is 0 Å². The average Bonchev–Trinajstić information content (AvgIpc) is 3.08. The lowest BCUT2D eigenvalue weighted by atomic mass is 10.1. The highest BCUT2D eigenvalue weighted by Crippen LogP contribution is 2.10. The van der Waals surface area contributed by atoms with Crippen LogP contribution in [0.2, 0.25) is 0 Å². The second-order valence-electron chi connectivity index (χ2n) is 10.6. The summed E-state index contributed by atoms with van der Waals surface area (Å²) >= 11 is 0. The molecule has 0 saturated heterocycles. The van der Waals surface area contributed by atoms with Crippen molar-refractivity contribution in [3.8, 4) is 12.3 Å². The van der Waals surface area contributed by atoms with E-state index in [1.807, 2.05) is 0 Å². The van der Waals surface area contributed by atoms with Gasteiger partial charge in [-0.1, -0.05) is 64.2 Å². The summed E-state index contributed by atoms with van der Waals surface area (Å²) in [5.41, 5.74) is 0. The maximum absolute atomic E-state index is 11.8. The largest absolute Gasteiger partial charge is 0.463 e. The number of rotatable bonds is 41. The van der Waals surface area contributed by atoms with Crippen molar-refractivity contribution < 1.29 is 56.9 Å². The predicted octanol–water partition coefficient (Wildman–Crippen LogP) is 4.25. The highest BCUT2D eigenvalue weighted by molar-refractivity contribution is 5.69. The second kappa shape index (κ2) is 42.7. The van der Waals surface area contributed by atoms with Crippen molar-refractivity contribution in [2.24, 2.45) is 0 Å². The van der Waals surface area contributed by atoms with Crippen molar-refractivity contribution in [1.29, 1.82) is 0 Å². The van der Waals surface area contributed by atoms with E-state index in [1.54, 1.807) is 0 Å². The first kappa shape index (κ1) is 45.6. The Hall–Kier alpha value is -1.37. The normalized spacial score (nSPS) is 11.2. The molecule has 12 heteroatoms. The molecule has 0 aliphatic carbocycles. The van der Waals surface area contributed by atoms with Gasteiger partial charge in [0, 0.05) is 6.42 Å². The summed E-state index contributed by atoms with van der Waals surface area (Å²) in [5.74, 6) is 2.26. The molecule has 0 heterocycles. The molecule has 47 heavy (non-hydrogen) atoms. The van der Waals surface area contributed by atoms with Gasteiger partial charge in [-0.05, 0) is 6.42 Å². The van der Waals surface area contributed by atoms with Gasteiger partial charge in [0.2, 0.25) is 0 Å². The number of hydrogen-bond donors (Lipinski definition) is 0. The van der Waals surface area contributed by atoms with E-state index in [0.29, 0.717) is 139 Å². The molecule has 0 saturated carbocycles. The van der Waals surface area contributed by atoms with Crippen LogP contribution in [0.4, 0.5) is 0 Å². The lowest BCUT2D eigenvalue weighted by Crippen LogP contribution is -2.15. The van der Waals surface area contributed by atoms with Crippen molar-refractivity contribution in [1.82, 2.24) is 0 Å². The van der Waals surface area contributed by atoms with Gasteiger partial charge in [-0.25, -0.2) is 0 Å². The third-order valence-electron chi connectivity index (χ3n) is 6.51. The molecular formula is C35H66O12. The van der Waals surface area contributed by atoms with Crippen LogP contribution in [-0.2, 0) is 56.9 Å². The maximum atomic E-state index is 11.8. The minimum absolute atomic E-state index is 0.137. The topological polar surface area (TPSA) is 119 Å². The molecule has 0 aliphatic heterocycles. The van der Waals surface area contributed by atoms with E-state index in [1.165, 1.54) is 44.9 Å². The Balaban J connectivity index is 3.11. The smallest absolute Gasteiger partial charge is 0.305 e. The van der Waals surface area contributed by atoms with Crippen molar-refractivity contribution in [2.45, 2.75) is 71.1 Å². The molecular weight excluding hydrogens is 612 g/mol. The fourth-order valence-electron chi connectivity index (χ4n) is 3.98. The Kier molecular flexibility index (Phi) is 41.4. The zero-order valence-electron chi connectivity index (χ0n) is 29.4. The third kappa shape index (κ3) is 42.6. The average molecular weight is 679 g/mol. The summed E-state index contributed by atoms with van der Waals surface area (Å²) in [6.07, 6.45) is 16.7. The Bertz CT molecular complexity index is 647. The summed E-state index contributed by atoms with van der Waals surface area (Å²) in [5, 5.41) is 0. The van der Waals surface area contributed by atoms with Gasteiger partial charge < -0.3 is 52.1 Å². The number of terminal acetylenes is 1. The van der Waals surface area contributed by atoms with Crippen LogP contribution in [0, 0.1) is 12.3 Å². The standard InChI is InChI=1S/C35H66O12/c1-3-5-6-7-8-9-10-11-12-13-35(36)47-34-33-46-32-31-45-30-29-44-28-27-43-26-25-42-24-23-41-22-21-40-20-19-39-18-17-38-16-15-37-14-4-2/h2H,3,5-34H2,1H3. The van der Waals surface area contributed by atoms with Gasteiger partial charge in [-0.3, -0.25) is 4.79 Å². The highest BCUT2D eigenvalue weighted by atomic mass is 16.6. The second-order valence-corrected chi connectivity index (χ2v) is 10.6. The molecule has 0 spiro atoms. The van der Waals surface area contributed by atoms with Crippen LogP contribution < -0.4 is 0 Å². The number of ether oxygens (including phenoxy) is 11. The number of carbonyl (C=O) groups excluding carboxylic acids is 1. The van der Waals surface area contributed by atoms with Gasteiger partial charge in [0.1, 0.15) is 13.2 Å². The summed E-state index contributed by atoms with van der Waals surface area (Å²) in [6.45, 7) is 12.2. The molecule has 0 radical (unpaired) electrons. The van der Waals surface area contributed by atoms with Crippen molar-refractivity contribution >= 4 is 5.97 Å². The zero-order valence-corrected chi connectivity index (χ0v) is 29.4. The van der Waals surface area contributed by atoms with E-state index in [2.05, 4.69) is 12.8 Å². The predicted molar refractivity (Wildman–Crippen MR) is 180 cm³/mol. The van der Waals surface area contributed by atoms with Crippen LogP contribution in [0.15, 0.2) is 0 Å². The van der Waals surface area contributed by atoms with Crippen molar-refractivity contribution in [3.63, 3.8) is 0 Å². The quantitative estimate of drug-likeness (QED) is 0.0523. The number of carbonyl (C=O) groups is 1. The van der Waals surface area contributed by atoms with Crippen LogP contribution in [0.25, 0.3) is 0 Å². The van der Waals surface area contributed by atoms with E-state index in [9.17, 15) is 4.79 Å². The molecule has 0 aromatic rings. The zero-order chi connectivity index (χ0) is 34.0. The summed E-state index contributed by atoms with van der Waals surface area (Å²) < 4.78 is 59.3. The third-order valence-corrected chi connectivity index (χ3v) is 6.51. The molecule has 0 aromatic heterocycles. The molecule has 278 valence electrons. The number of hydrogen-bond acceptors (Lipinski definition) is 12. The van der Waals surface area contributed by atoms with Crippen LogP contribution in [0.5, 0.6) is 0 Å². The van der Waals surface area contributed by atoms with Crippen LogP contribution in [-0.4, -0.2) is 145 Å². The Morgan fingerprint density at radius 3 is 1.00 bits per heavy atom. The first-order chi connectivity index (χ1) is 23.3. The fourth-order valence-corrected chi connectivity index (χ4v) is 3.98. The van der Waals surface area contributed by atoms with Crippen LogP contribution in [0.3, 0.4) is 0 Å². The van der Waals surface area contributed by atoms with E-state index >= 15 is 0 Å². The van der Waals surface area contributed by atoms with Crippen molar-refractivity contribution in [3.05, 3.63) is 0 Å². The first-order valence-electron chi connectivity index (χ1n) is 17.7. The van der Waals surface area contributed by atoms with Gasteiger partial charge in [0.05, 0.1) is 126 Å². The highest BCUT2D eigenvalue weighted by Gasteiger charge is 2.03. The minimum atomic E-state index is -0.137. The van der Waals surface area contributed by atoms with E-state index in [-0.39, 0.29) is 12.6 Å². The molecule has 0 amide bonds. The van der Waals surface area contributed by atoms with E-state index in [4.69, 9.17) is 58.5 Å². The molecule has 0 rings (SSSR count). The summed E-state index contributed by atoms with van der Waals surface area (Å²) in [7, 11) is 0. The Morgan fingerprint density at radius 1 is 0.404 bits per heavy atom. The van der Waals surface area contributed by atoms with Gasteiger partial charge in [-0.15, -0.1) is 6.42 Å². The first-order valence-corrected chi connectivity index (χ1v) is 17.7. The van der Waals surface area contributed by atoms with Gasteiger partial charge in [-0.2, -0.15) is 0 Å². The van der Waals surface area contributed by atoms with Gasteiger partial charge in [0.25, 0.3) is 0 Å². The molecule has 0 N–H and O–H groups in total. The van der Waals surface area contributed by atoms with E-state index < -0.39 is 0 Å². The molecule has 0 aliphatic rings. The van der Waals surface area contributed by atoms with Gasteiger partial charge >= 0.3 is 5.97 Å². The molecule has 0 aromatic carbocycles. The number of esters is 1. The van der Waals surface area contributed by atoms with Crippen molar-refractivity contribution in [2.75, 3.05) is 139 Å².